The number of hydrogen-bond acceptors (Lipinski definition) is 2. The minimum Gasteiger partial charge on any atom is -0.274 e. The minimum atomic E-state index is -0.577. The number of hydrogen-bond donors (Lipinski definition) is 0. The van der Waals surface area contributed by atoms with E-state index in [1.54, 1.807) is 0 Å². The highest BCUT2D eigenvalue weighted by Crippen LogP contribution is 2.61. The summed E-state index contributed by atoms with van der Waals surface area (Å²) >= 11 is 5.93. The van der Waals surface area contributed by atoms with Crippen LogP contribution in [0.3, 0.4) is 0 Å². The Morgan fingerprint density at radius 3 is 1.59 bits per heavy atom. The SMILES string of the molecule is O=C1[C@H]2C3c4ccccc4C(c4ccccc43)[C@@H]2C(=O)N1c1ccc(F)c(Cl)c1. The summed E-state index contributed by atoms with van der Waals surface area (Å²) < 4.78 is 13.6. The quantitative estimate of drug-likeness (QED) is 0.543. The number of nitrogens with zero attached hydrogens (tertiary/aromatic N) is 1. The largest absolute Gasteiger partial charge is 0.274 e. The third kappa shape index (κ3) is 2.07. The summed E-state index contributed by atoms with van der Waals surface area (Å²) in [5.41, 5.74) is 4.82. The van der Waals surface area contributed by atoms with Gasteiger partial charge in [-0.05, 0) is 40.5 Å². The standard InChI is InChI=1S/C24H15ClFNO2/c25-17-11-12(9-10-18(17)26)27-23(28)21-19-13-5-1-2-6-14(13)20(22(21)24(27)29)16-8-4-3-7-15(16)19/h1-11,19-22H/t19?,20?,21-,22-/m0/s1. The number of anilines is 1. The first kappa shape index (κ1) is 16.9. The molecule has 4 aliphatic rings. The summed E-state index contributed by atoms with van der Waals surface area (Å²) in [5, 5.41) is -0.104. The van der Waals surface area contributed by atoms with E-state index in [1.807, 2.05) is 24.3 Å². The molecule has 3 aromatic carbocycles. The van der Waals surface area contributed by atoms with Gasteiger partial charge in [0.2, 0.25) is 11.8 Å². The van der Waals surface area contributed by atoms with E-state index in [0.717, 1.165) is 22.3 Å². The number of carbonyl (C=O) groups excluding carboxylic acids is 2. The van der Waals surface area contributed by atoms with Crippen molar-refractivity contribution in [1.29, 1.82) is 0 Å². The zero-order valence-corrected chi connectivity index (χ0v) is 15.9. The number of imide groups is 1. The topological polar surface area (TPSA) is 37.4 Å². The van der Waals surface area contributed by atoms with Gasteiger partial charge in [0, 0.05) is 11.8 Å². The van der Waals surface area contributed by atoms with E-state index in [2.05, 4.69) is 24.3 Å². The van der Waals surface area contributed by atoms with E-state index in [0.29, 0.717) is 5.69 Å². The van der Waals surface area contributed by atoms with Crippen LogP contribution in [0.15, 0.2) is 66.7 Å². The number of amides is 2. The van der Waals surface area contributed by atoms with E-state index in [-0.39, 0.29) is 28.7 Å². The van der Waals surface area contributed by atoms with Crippen LogP contribution in [0.25, 0.3) is 0 Å². The van der Waals surface area contributed by atoms with Gasteiger partial charge in [0.05, 0.1) is 22.5 Å². The molecule has 0 radical (unpaired) electrons. The maximum absolute atomic E-state index is 13.6. The zero-order chi connectivity index (χ0) is 19.9. The second-order valence-electron chi connectivity index (χ2n) is 7.88. The van der Waals surface area contributed by atoms with Crippen molar-refractivity contribution in [1.82, 2.24) is 0 Å². The molecule has 1 heterocycles. The van der Waals surface area contributed by atoms with E-state index in [1.165, 1.54) is 23.1 Å². The van der Waals surface area contributed by atoms with Gasteiger partial charge < -0.3 is 0 Å². The predicted molar refractivity (Wildman–Crippen MR) is 107 cm³/mol. The van der Waals surface area contributed by atoms with Gasteiger partial charge in [-0.15, -0.1) is 0 Å². The summed E-state index contributed by atoms with van der Waals surface area (Å²) in [7, 11) is 0. The van der Waals surface area contributed by atoms with Crippen molar-refractivity contribution in [2.75, 3.05) is 4.90 Å². The Hall–Kier alpha value is -2.98. The monoisotopic (exact) mass is 403 g/mol. The highest BCUT2D eigenvalue weighted by molar-refractivity contribution is 6.31. The average Bonchev–Trinajstić information content (AvgIpc) is 3.01. The van der Waals surface area contributed by atoms with Crippen molar-refractivity contribution in [2.24, 2.45) is 11.8 Å². The van der Waals surface area contributed by atoms with Gasteiger partial charge in [-0.2, -0.15) is 0 Å². The second-order valence-corrected chi connectivity index (χ2v) is 8.28. The molecule has 2 bridgehead atoms. The Balaban J connectivity index is 1.56. The summed E-state index contributed by atoms with van der Waals surface area (Å²) in [5.74, 6) is -2.28. The molecule has 0 saturated carbocycles. The molecule has 3 aromatic rings. The average molecular weight is 404 g/mol. The van der Waals surface area contributed by atoms with Crippen LogP contribution in [0.2, 0.25) is 5.02 Å². The molecule has 2 amide bonds. The Morgan fingerprint density at radius 1 is 0.724 bits per heavy atom. The summed E-state index contributed by atoms with van der Waals surface area (Å²) in [6.07, 6.45) is 0. The lowest BCUT2D eigenvalue weighted by Crippen LogP contribution is -2.41. The molecule has 0 aromatic heterocycles. The van der Waals surface area contributed by atoms with E-state index in [9.17, 15) is 14.0 Å². The van der Waals surface area contributed by atoms with Crippen molar-refractivity contribution in [2.45, 2.75) is 11.8 Å². The lowest BCUT2D eigenvalue weighted by molar-refractivity contribution is -0.122. The lowest BCUT2D eigenvalue weighted by Gasteiger charge is -2.45. The van der Waals surface area contributed by atoms with Crippen LogP contribution in [0, 0.1) is 17.7 Å². The Bertz CT molecular complexity index is 1110. The van der Waals surface area contributed by atoms with Crippen LogP contribution in [0.4, 0.5) is 10.1 Å². The van der Waals surface area contributed by atoms with Crippen LogP contribution in [0.1, 0.15) is 34.1 Å². The lowest BCUT2D eigenvalue weighted by atomic mass is 9.55. The molecule has 2 atom stereocenters. The minimum absolute atomic E-state index is 0.104. The highest BCUT2D eigenvalue weighted by atomic mass is 35.5. The van der Waals surface area contributed by atoms with Crippen molar-refractivity contribution >= 4 is 29.1 Å². The van der Waals surface area contributed by atoms with E-state index < -0.39 is 17.7 Å². The predicted octanol–water partition coefficient (Wildman–Crippen LogP) is 4.88. The van der Waals surface area contributed by atoms with Crippen molar-refractivity contribution < 1.29 is 14.0 Å². The molecule has 0 unspecified atom stereocenters. The summed E-state index contributed by atoms with van der Waals surface area (Å²) in [6, 6.07) is 20.2. The number of carbonyl (C=O) groups is 2. The van der Waals surface area contributed by atoms with Crippen LogP contribution in [-0.4, -0.2) is 11.8 Å². The van der Waals surface area contributed by atoms with Gasteiger partial charge >= 0.3 is 0 Å². The van der Waals surface area contributed by atoms with Gasteiger partial charge in [0.25, 0.3) is 0 Å². The fraction of sp³-hybridized carbons (Fsp3) is 0.167. The number of rotatable bonds is 1. The smallest absolute Gasteiger partial charge is 0.238 e. The molecule has 29 heavy (non-hydrogen) atoms. The molecular weight excluding hydrogens is 389 g/mol. The summed E-state index contributed by atoms with van der Waals surface area (Å²) in [6.45, 7) is 0. The van der Waals surface area contributed by atoms with Crippen LogP contribution in [0.5, 0.6) is 0 Å². The van der Waals surface area contributed by atoms with Crippen molar-refractivity contribution in [3.8, 4) is 0 Å². The van der Waals surface area contributed by atoms with E-state index in [4.69, 9.17) is 11.6 Å². The maximum atomic E-state index is 13.6. The fourth-order valence-corrected chi connectivity index (χ4v) is 5.73. The van der Waals surface area contributed by atoms with Gasteiger partial charge in [-0.1, -0.05) is 60.1 Å². The van der Waals surface area contributed by atoms with Gasteiger partial charge in [0.1, 0.15) is 5.82 Å². The molecule has 7 rings (SSSR count). The number of benzene rings is 3. The number of halogens is 2. The van der Waals surface area contributed by atoms with Crippen molar-refractivity contribution in [3.05, 3.63) is 99.8 Å². The Morgan fingerprint density at radius 2 is 1.17 bits per heavy atom. The molecule has 5 heteroatoms. The molecule has 3 nitrogen and oxygen atoms in total. The highest BCUT2D eigenvalue weighted by Gasteiger charge is 2.61. The fourth-order valence-electron chi connectivity index (χ4n) is 5.56. The Kier molecular flexibility index (Phi) is 3.37. The third-order valence-electron chi connectivity index (χ3n) is 6.61. The molecular formula is C24H15ClFNO2. The molecule has 1 saturated heterocycles. The molecule has 3 aliphatic carbocycles. The normalized spacial score (nSPS) is 26.3. The van der Waals surface area contributed by atoms with Crippen LogP contribution < -0.4 is 4.90 Å². The first-order valence-corrected chi connectivity index (χ1v) is 9.96. The van der Waals surface area contributed by atoms with Crippen LogP contribution in [-0.2, 0) is 9.59 Å². The maximum Gasteiger partial charge on any atom is 0.238 e. The molecule has 1 aliphatic heterocycles. The van der Waals surface area contributed by atoms with Crippen molar-refractivity contribution in [3.63, 3.8) is 0 Å². The Labute approximate surface area is 171 Å². The molecule has 1 fully saturated rings. The zero-order valence-electron chi connectivity index (χ0n) is 15.2. The van der Waals surface area contributed by atoms with Gasteiger partial charge in [-0.3, -0.25) is 9.59 Å². The second kappa shape index (κ2) is 5.77. The van der Waals surface area contributed by atoms with Gasteiger partial charge in [0.15, 0.2) is 0 Å². The first-order valence-electron chi connectivity index (χ1n) is 9.58. The third-order valence-corrected chi connectivity index (χ3v) is 6.90. The molecule has 0 N–H and O–H groups in total. The van der Waals surface area contributed by atoms with Gasteiger partial charge in [-0.25, -0.2) is 9.29 Å². The molecule has 0 spiro atoms. The van der Waals surface area contributed by atoms with Crippen LogP contribution >= 0.6 is 11.6 Å². The van der Waals surface area contributed by atoms with E-state index >= 15 is 0 Å². The molecule has 142 valence electrons. The first-order chi connectivity index (χ1) is 14.1. The summed E-state index contributed by atoms with van der Waals surface area (Å²) in [4.78, 5) is 28.3.